The summed E-state index contributed by atoms with van der Waals surface area (Å²) in [7, 11) is 1.71. The summed E-state index contributed by atoms with van der Waals surface area (Å²) in [6, 6.07) is 12.2. The molecule has 1 aromatic heterocycles. The average Bonchev–Trinajstić information content (AvgIpc) is 2.45. The molecule has 0 aliphatic carbocycles. The number of benzene rings is 1. The maximum atomic E-state index is 5.32. The zero-order valence-corrected chi connectivity index (χ0v) is 11.8. The topological polar surface area (TPSA) is 34.1 Å². The molecular formula is C15H19ClN2O. The SMILES string of the molecule is COc1ccccc1CCNCc1cccnc1.Cl. The van der Waals surface area contributed by atoms with Gasteiger partial charge in [-0.25, -0.2) is 0 Å². The van der Waals surface area contributed by atoms with Crippen LogP contribution in [0.5, 0.6) is 5.75 Å². The number of halogens is 1. The summed E-state index contributed by atoms with van der Waals surface area (Å²) < 4.78 is 5.32. The lowest BCUT2D eigenvalue weighted by molar-refractivity contribution is 0.409. The minimum Gasteiger partial charge on any atom is -0.496 e. The molecule has 102 valence electrons. The molecule has 0 atom stereocenters. The first kappa shape index (κ1) is 15.5. The molecule has 1 N–H and O–H groups in total. The molecule has 0 aliphatic heterocycles. The van der Waals surface area contributed by atoms with Gasteiger partial charge in [0.25, 0.3) is 0 Å². The largest absolute Gasteiger partial charge is 0.496 e. The molecule has 0 saturated carbocycles. The third-order valence-corrected chi connectivity index (χ3v) is 2.82. The molecule has 2 aromatic rings. The van der Waals surface area contributed by atoms with Crippen molar-refractivity contribution in [2.24, 2.45) is 0 Å². The highest BCUT2D eigenvalue weighted by Gasteiger charge is 2.00. The first-order chi connectivity index (χ1) is 8.90. The van der Waals surface area contributed by atoms with Crippen LogP contribution in [0.15, 0.2) is 48.8 Å². The van der Waals surface area contributed by atoms with Gasteiger partial charge < -0.3 is 10.1 Å². The van der Waals surface area contributed by atoms with E-state index < -0.39 is 0 Å². The quantitative estimate of drug-likeness (QED) is 0.825. The molecule has 0 bridgehead atoms. The van der Waals surface area contributed by atoms with E-state index in [1.807, 2.05) is 30.5 Å². The molecule has 0 unspecified atom stereocenters. The van der Waals surface area contributed by atoms with Crippen LogP contribution >= 0.6 is 12.4 Å². The van der Waals surface area contributed by atoms with E-state index in [-0.39, 0.29) is 12.4 Å². The summed E-state index contributed by atoms with van der Waals surface area (Å²) in [4.78, 5) is 4.09. The number of para-hydroxylation sites is 1. The van der Waals surface area contributed by atoms with Crippen LogP contribution in [0.25, 0.3) is 0 Å². The molecular weight excluding hydrogens is 260 g/mol. The second kappa shape index (κ2) is 8.51. The number of rotatable bonds is 6. The Balaban J connectivity index is 0.00000180. The van der Waals surface area contributed by atoms with E-state index in [0.29, 0.717) is 0 Å². The highest BCUT2D eigenvalue weighted by Crippen LogP contribution is 2.17. The molecule has 0 spiro atoms. The highest BCUT2D eigenvalue weighted by atomic mass is 35.5. The fraction of sp³-hybridized carbons (Fsp3) is 0.267. The lowest BCUT2D eigenvalue weighted by Gasteiger charge is -2.08. The number of nitrogens with one attached hydrogen (secondary N) is 1. The third-order valence-electron chi connectivity index (χ3n) is 2.82. The Hall–Kier alpha value is -1.58. The van der Waals surface area contributed by atoms with Crippen LogP contribution in [-0.2, 0) is 13.0 Å². The van der Waals surface area contributed by atoms with E-state index in [1.54, 1.807) is 13.3 Å². The Morgan fingerprint density at radius 1 is 1.16 bits per heavy atom. The predicted molar refractivity (Wildman–Crippen MR) is 79.9 cm³/mol. The van der Waals surface area contributed by atoms with Gasteiger partial charge in [0, 0.05) is 18.9 Å². The van der Waals surface area contributed by atoms with E-state index in [9.17, 15) is 0 Å². The normalized spacial score (nSPS) is 9.74. The molecule has 1 heterocycles. The van der Waals surface area contributed by atoms with Crippen LogP contribution < -0.4 is 10.1 Å². The number of hydrogen-bond acceptors (Lipinski definition) is 3. The van der Waals surface area contributed by atoms with Crippen molar-refractivity contribution in [2.45, 2.75) is 13.0 Å². The van der Waals surface area contributed by atoms with Gasteiger partial charge in [-0.05, 0) is 36.2 Å². The first-order valence-electron chi connectivity index (χ1n) is 6.11. The monoisotopic (exact) mass is 278 g/mol. The van der Waals surface area contributed by atoms with Crippen molar-refractivity contribution < 1.29 is 4.74 Å². The number of pyridine rings is 1. The molecule has 0 amide bonds. The minimum atomic E-state index is 0. The fourth-order valence-electron chi connectivity index (χ4n) is 1.87. The summed E-state index contributed by atoms with van der Waals surface area (Å²) in [5.41, 5.74) is 2.44. The second-order valence-electron chi connectivity index (χ2n) is 4.10. The lowest BCUT2D eigenvalue weighted by atomic mass is 10.1. The summed E-state index contributed by atoms with van der Waals surface area (Å²) in [5.74, 6) is 0.959. The molecule has 0 fully saturated rings. The first-order valence-corrected chi connectivity index (χ1v) is 6.11. The molecule has 1 aromatic carbocycles. The van der Waals surface area contributed by atoms with Gasteiger partial charge in [-0.3, -0.25) is 4.98 Å². The van der Waals surface area contributed by atoms with Gasteiger partial charge in [0.05, 0.1) is 7.11 Å². The Morgan fingerprint density at radius 2 is 2.00 bits per heavy atom. The zero-order chi connectivity index (χ0) is 12.6. The lowest BCUT2D eigenvalue weighted by Crippen LogP contribution is -2.17. The van der Waals surface area contributed by atoms with E-state index in [0.717, 1.165) is 25.3 Å². The van der Waals surface area contributed by atoms with E-state index in [2.05, 4.69) is 22.4 Å². The Labute approximate surface area is 120 Å². The number of aromatic nitrogens is 1. The van der Waals surface area contributed by atoms with Crippen LogP contribution in [0.3, 0.4) is 0 Å². The van der Waals surface area contributed by atoms with Crippen LogP contribution in [-0.4, -0.2) is 18.6 Å². The highest BCUT2D eigenvalue weighted by molar-refractivity contribution is 5.85. The number of hydrogen-bond donors (Lipinski definition) is 1. The molecule has 3 nitrogen and oxygen atoms in total. The number of ether oxygens (including phenoxy) is 1. The average molecular weight is 279 g/mol. The van der Waals surface area contributed by atoms with Gasteiger partial charge in [-0.1, -0.05) is 24.3 Å². The second-order valence-corrected chi connectivity index (χ2v) is 4.10. The van der Waals surface area contributed by atoms with Crippen LogP contribution in [0.1, 0.15) is 11.1 Å². The predicted octanol–water partition coefficient (Wildman–Crippen LogP) is 2.84. The maximum Gasteiger partial charge on any atom is 0.122 e. The Kier molecular flexibility index (Phi) is 6.93. The van der Waals surface area contributed by atoms with Crippen LogP contribution in [0.2, 0.25) is 0 Å². The van der Waals surface area contributed by atoms with Gasteiger partial charge >= 0.3 is 0 Å². The molecule has 0 saturated heterocycles. The number of nitrogens with zero attached hydrogens (tertiary/aromatic N) is 1. The van der Waals surface area contributed by atoms with Crippen molar-refractivity contribution in [3.63, 3.8) is 0 Å². The van der Waals surface area contributed by atoms with Gasteiger partial charge in [-0.2, -0.15) is 0 Å². The fourth-order valence-corrected chi connectivity index (χ4v) is 1.87. The van der Waals surface area contributed by atoms with E-state index in [4.69, 9.17) is 4.74 Å². The van der Waals surface area contributed by atoms with Gasteiger partial charge in [-0.15, -0.1) is 12.4 Å². The summed E-state index contributed by atoms with van der Waals surface area (Å²) >= 11 is 0. The smallest absolute Gasteiger partial charge is 0.122 e. The van der Waals surface area contributed by atoms with Crippen LogP contribution in [0, 0.1) is 0 Å². The summed E-state index contributed by atoms with van der Waals surface area (Å²) in [6.45, 7) is 1.78. The van der Waals surface area contributed by atoms with E-state index >= 15 is 0 Å². The van der Waals surface area contributed by atoms with Crippen LogP contribution in [0.4, 0.5) is 0 Å². The van der Waals surface area contributed by atoms with Crippen molar-refractivity contribution in [1.82, 2.24) is 10.3 Å². The number of methoxy groups -OCH3 is 1. The van der Waals surface area contributed by atoms with Crippen molar-refractivity contribution >= 4 is 12.4 Å². The Bertz CT molecular complexity index is 477. The molecule has 0 aliphatic rings. The minimum absolute atomic E-state index is 0. The van der Waals surface area contributed by atoms with Gasteiger partial charge in [0.1, 0.15) is 5.75 Å². The zero-order valence-electron chi connectivity index (χ0n) is 11.0. The van der Waals surface area contributed by atoms with E-state index in [1.165, 1.54) is 11.1 Å². The van der Waals surface area contributed by atoms with Crippen molar-refractivity contribution in [1.29, 1.82) is 0 Å². The molecule has 4 heteroatoms. The summed E-state index contributed by atoms with van der Waals surface area (Å²) in [5, 5.41) is 3.41. The maximum absolute atomic E-state index is 5.32. The summed E-state index contributed by atoms with van der Waals surface area (Å²) in [6.07, 6.45) is 4.64. The Morgan fingerprint density at radius 3 is 2.74 bits per heavy atom. The third kappa shape index (κ3) is 4.89. The molecule has 19 heavy (non-hydrogen) atoms. The van der Waals surface area contributed by atoms with Crippen molar-refractivity contribution in [2.75, 3.05) is 13.7 Å². The molecule has 2 rings (SSSR count). The standard InChI is InChI=1S/C15H18N2O.ClH/c1-18-15-7-3-2-6-14(15)8-10-17-12-13-5-4-9-16-11-13;/h2-7,9,11,17H,8,10,12H2,1H3;1H. The van der Waals surface area contributed by atoms with Gasteiger partial charge in [0.2, 0.25) is 0 Å². The van der Waals surface area contributed by atoms with Crippen molar-refractivity contribution in [3.8, 4) is 5.75 Å². The molecule has 0 radical (unpaired) electrons. The van der Waals surface area contributed by atoms with Gasteiger partial charge in [0.15, 0.2) is 0 Å². The van der Waals surface area contributed by atoms with Crippen molar-refractivity contribution in [3.05, 3.63) is 59.9 Å².